The number of thiazole rings is 1. The van der Waals surface area contributed by atoms with E-state index in [1.807, 2.05) is 0 Å². The van der Waals surface area contributed by atoms with Gasteiger partial charge in [-0.3, -0.25) is 14.9 Å². The number of nitrogens with two attached hydrogens (primary N) is 1. The monoisotopic (exact) mass is 375 g/mol. The summed E-state index contributed by atoms with van der Waals surface area (Å²) < 4.78 is 0. The largest absolute Gasteiger partial charge is 0.330 e. The predicted octanol–water partition coefficient (Wildman–Crippen LogP) is 3.56. The van der Waals surface area contributed by atoms with Gasteiger partial charge < -0.3 is 11.1 Å². The first-order valence-electron chi connectivity index (χ1n) is 8.26. The zero-order chi connectivity index (χ0) is 18.9. The van der Waals surface area contributed by atoms with Crippen LogP contribution in [0.2, 0.25) is 0 Å². The maximum Gasteiger partial charge on any atom is 0.259 e. The molecule has 0 aliphatic heterocycles. The van der Waals surface area contributed by atoms with E-state index in [9.17, 15) is 14.5 Å². The third-order valence-electron chi connectivity index (χ3n) is 3.63. The van der Waals surface area contributed by atoms with Crippen molar-refractivity contribution < 1.29 is 9.59 Å². The average molecular weight is 375 g/mol. The Bertz CT molecular complexity index is 790. The van der Waals surface area contributed by atoms with Gasteiger partial charge in [-0.15, -0.1) is 4.91 Å². The Morgan fingerprint density at radius 2 is 1.96 bits per heavy atom. The molecular formula is C17H21N5O3S. The molecule has 26 heavy (non-hydrogen) atoms. The first-order valence-corrected chi connectivity index (χ1v) is 9.08. The molecule has 2 amide bonds. The van der Waals surface area contributed by atoms with Gasteiger partial charge in [-0.25, -0.2) is 4.98 Å². The van der Waals surface area contributed by atoms with Gasteiger partial charge in [-0.2, -0.15) is 0 Å². The molecule has 138 valence electrons. The number of anilines is 2. The fraction of sp³-hybridized carbons (Fsp3) is 0.353. The molecule has 1 heterocycles. The van der Waals surface area contributed by atoms with Crippen molar-refractivity contribution in [3.63, 3.8) is 0 Å². The maximum absolute atomic E-state index is 12.5. The van der Waals surface area contributed by atoms with Crippen LogP contribution < -0.4 is 16.4 Å². The minimum Gasteiger partial charge on any atom is -0.330 e. The Morgan fingerprint density at radius 1 is 1.19 bits per heavy atom. The van der Waals surface area contributed by atoms with Crippen LogP contribution in [-0.4, -0.2) is 23.3 Å². The quantitative estimate of drug-likeness (QED) is 0.456. The van der Waals surface area contributed by atoms with E-state index in [-0.39, 0.29) is 16.0 Å². The predicted molar refractivity (Wildman–Crippen MR) is 103 cm³/mol. The van der Waals surface area contributed by atoms with Crippen molar-refractivity contribution in [1.29, 1.82) is 0 Å². The molecule has 2 rings (SSSR count). The number of rotatable bonds is 9. The number of nitroso groups, excluding NO2 is 1. The average Bonchev–Trinajstić information content (AvgIpc) is 2.98. The zero-order valence-corrected chi connectivity index (χ0v) is 15.3. The first-order chi connectivity index (χ1) is 12.5. The molecule has 0 bridgehead atoms. The number of hydrogen-bond donors (Lipinski definition) is 3. The van der Waals surface area contributed by atoms with E-state index in [0.29, 0.717) is 29.9 Å². The van der Waals surface area contributed by atoms with E-state index in [2.05, 4.69) is 20.8 Å². The smallest absolute Gasteiger partial charge is 0.259 e. The number of nitrogens with zero attached hydrogens (tertiary/aromatic N) is 2. The number of aryl methyl sites for hydroxylation is 1. The number of unbranched alkanes of at least 4 members (excludes halogenated alkanes) is 2. The summed E-state index contributed by atoms with van der Waals surface area (Å²) in [7, 11) is 0. The number of nitrogens with one attached hydrogen (secondary N) is 2. The lowest BCUT2D eigenvalue weighted by Crippen LogP contribution is -2.18. The molecule has 0 fully saturated rings. The van der Waals surface area contributed by atoms with Gasteiger partial charge in [0, 0.05) is 6.42 Å². The topological polar surface area (TPSA) is 127 Å². The molecule has 0 atom stereocenters. The minimum atomic E-state index is -0.421. The molecule has 2 aromatic rings. The lowest BCUT2D eigenvalue weighted by atomic mass is 10.1. The fourth-order valence-electron chi connectivity index (χ4n) is 2.30. The van der Waals surface area contributed by atoms with Crippen molar-refractivity contribution in [3.8, 4) is 0 Å². The van der Waals surface area contributed by atoms with E-state index in [4.69, 9.17) is 5.73 Å². The van der Waals surface area contributed by atoms with Crippen molar-refractivity contribution in [2.24, 2.45) is 10.9 Å². The summed E-state index contributed by atoms with van der Waals surface area (Å²) >= 11 is 0.998. The summed E-state index contributed by atoms with van der Waals surface area (Å²) in [6, 6.07) is 6.72. The van der Waals surface area contributed by atoms with Crippen LogP contribution in [0.15, 0.2) is 29.4 Å². The Labute approximate surface area is 155 Å². The third-order valence-corrected chi connectivity index (χ3v) is 4.58. The highest BCUT2D eigenvalue weighted by Gasteiger charge is 2.16. The van der Waals surface area contributed by atoms with Gasteiger partial charge in [0.1, 0.15) is 0 Å². The van der Waals surface area contributed by atoms with Gasteiger partial charge in [0.2, 0.25) is 5.91 Å². The highest BCUT2D eigenvalue weighted by Crippen LogP contribution is 2.30. The highest BCUT2D eigenvalue weighted by atomic mass is 32.1. The summed E-state index contributed by atoms with van der Waals surface area (Å²) in [5.74, 6) is -0.574. The van der Waals surface area contributed by atoms with Gasteiger partial charge in [-0.05, 0) is 43.6 Å². The second-order valence-corrected chi connectivity index (χ2v) is 6.63. The standard InChI is InChI=1S/C17H21N5O3S/c1-11-16(22-25)26-17(19-11)21-15(24)12-7-4-5-8-13(12)20-14(23)9-3-2-6-10-18/h4-5,7-8H,2-3,6,9-10,18H2,1H3,(H,20,23)(H,19,21,24). The molecule has 9 heteroatoms. The van der Waals surface area contributed by atoms with E-state index < -0.39 is 5.91 Å². The number of benzene rings is 1. The molecule has 4 N–H and O–H groups in total. The number of hydrogen-bond acceptors (Lipinski definition) is 7. The number of amides is 2. The summed E-state index contributed by atoms with van der Waals surface area (Å²) in [5.41, 5.74) is 6.63. The van der Waals surface area contributed by atoms with Crippen LogP contribution in [0.5, 0.6) is 0 Å². The van der Waals surface area contributed by atoms with Crippen molar-refractivity contribution in [3.05, 3.63) is 40.4 Å². The summed E-state index contributed by atoms with van der Waals surface area (Å²) in [6.07, 6.45) is 2.90. The van der Waals surface area contributed by atoms with E-state index in [1.165, 1.54) is 0 Å². The minimum absolute atomic E-state index is 0.153. The van der Waals surface area contributed by atoms with E-state index >= 15 is 0 Å². The Hall–Kier alpha value is -2.65. The molecule has 1 aromatic heterocycles. The fourth-order valence-corrected chi connectivity index (χ4v) is 3.04. The maximum atomic E-state index is 12.5. The van der Waals surface area contributed by atoms with Crippen molar-refractivity contribution in [1.82, 2.24) is 4.98 Å². The van der Waals surface area contributed by atoms with Crippen LogP contribution in [0, 0.1) is 11.8 Å². The van der Waals surface area contributed by atoms with E-state index in [0.717, 1.165) is 30.6 Å². The first kappa shape index (κ1) is 19.7. The van der Waals surface area contributed by atoms with Crippen molar-refractivity contribution in [2.45, 2.75) is 32.6 Å². The van der Waals surface area contributed by atoms with Gasteiger partial charge in [0.25, 0.3) is 5.91 Å². The van der Waals surface area contributed by atoms with Crippen LogP contribution in [0.25, 0.3) is 0 Å². The number of carbonyl (C=O) groups is 2. The SMILES string of the molecule is Cc1nc(NC(=O)c2ccccc2NC(=O)CCCCCN)sc1N=O. The lowest BCUT2D eigenvalue weighted by Gasteiger charge is -2.10. The van der Waals surface area contributed by atoms with Crippen LogP contribution in [0.3, 0.4) is 0 Å². The van der Waals surface area contributed by atoms with Crippen LogP contribution in [-0.2, 0) is 4.79 Å². The normalized spacial score (nSPS) is 10.4. The van der Waals surface area contributed by atoms with Gasteiger partial charge >= 0.3 is 0 Å². The van der Waals surface area contributed by atoms with Gasteiger partial charge in [0.05, 0.1) is 16.9 Å². The summed E-state index contributed by atoms with van der Waals surface area (Å²) in [4.78, 5) is 39.3. The summed E-state index contributed by atoms with van der Waals surface area (Å²) in [6.45, 7) is 2.25. The lowest BCUT2D eigenvalue weighted by molar-refractivity contribution is -0.116. The van der Waals surface area contributed by atoms with E-state index in [1.54, 1.807) is 31.2 Å². The van der Waals surface area contributed by atoms with Crippen LogP contribution >= 0.6 is 11.3 Å². The number of aromatic nitrogens is 1. The molecule has 0 aliphatic carbocycles. The van der Waals surface area contributed by atoms with Crippen LogP contribution in [0.4, 0.5) is 15.8 Å². The Morgan fingerprint density at radius 3 is 2.65 bits per heavy atom. The second kappa shape index (κ2) is 9.73. The zero-order valence-electron chi connectivity index (χ0n) is 14.4. The van der Waals surface area contributed by atoms with Gasteiger partial charge in [0.15, 0.2) is 10.1 Å². The van der Waals surface area contributed by atoms with Crippen molar-refractivity contribution in [2.75, 3.05) is 17.2 Å². The molecular weight excluding hydrogens is 354 g/mol. The molecule has 1 aromatic carbocycles. The number of carbonyl (C=O) groups excluding carboxylic acids is 2. The second-order valence-electron chi connectivity index (χ2n) is 5.65. The Balaban J connectivity index is 2.03. The molecule has 0 spiro atoms. The molecule has 0 aliphatic rings. The molecule has 0 unspecified atom stereocenters. The Kier molecular flexibility index (Phi) is 7.37. The molecule has 0 saturated carbocycles. The van der Waals surface area contributed by atoms with Gasteiger partial charge in [-0.1, -0.05) is 29.9 Å². The number of para-hydroxylation sites is 1. The molecule has 0 saturated heterocycles. The van der Waals surface area contributed by atoms with Crippen molar-refractivity contribution >= 4 is 39.0 Å². The molecule has 8 nitrogen and oxygen atoms in total. The van der Waals surface area contributed by atoms with Crippen LogP contribution in [0.1, 0.15) is 41.7 Å². The highest BCUT2D eigenvalue weighted by molar-refractivity contribution is 7.19. The third kappa shape index (κ3) is 5.43. The molecule has 0 radical (unpaired) electrons. The summed E-state index contributed by atoms with van der Waals surface area (Å²) in [5, 5.41) is 8.76.